The highest BCUT2D eigenvalue weighted by Gasteiger charge is 2.32. The van der Waals surface area contributed by atoms with Crippen molar-refractivity contribution in [2.45, 2.75) is 71.1 Å². The first-order valence-electron chi connectivity index (χ1n) is 16.5. The second-order valence-electron chi connectivity index (χ2n) is 13.0. The van der Waals surface area contributed by atoms with Crippen LogP contribution in [0.5, 0.6) is 0 Å². The van der Waals surface area contributed by atoms with E-state index in [1.807, 2.05) is 19.2 Å². The Kier molecular flexibility index (Phi) is 9.94. The quantitative estimate of drug-likeness (QED) is 0.302. The Morgan fingerprint density at radius 3 is 2.61 bits per heavy atom. The van der Waals surface area contributed by atoms with Crippen LogP contribution in [0.4, 0.5) is 0 Å². The maximum atomic E-state index is 13.7. The molecule has 6 rings (SSSR count). The molecule has 3 aliphatic rings. The van der Waals surface area contributed by atoms with Crippen molar-refractivity contribution in [2.75, 3.05) is 46.0 Å². The fourth-order valence-corrected chi connectivity index (χ4v) is 7.12. The molecule has 3 fully saturated rings. The van der Waals surface area contributed by atoms with E-state index in [9.17, 15) is 9.59 Å². The minimum Gasteiger partial charge on any atom is -0.379 e. The maximum Gasteiger partial charge on any atom is 0.252 e. The first-order chi connectivity index (χ1) is 21.5. The molecule has 3 heterocycles. The number of piperidine rings is 1. The van der Waals surface area contributed by atoms with Crippen molar-refractivity contribution < 1.29 is 19.1 Å². The Morgan fingerprint density at radius 2 is 1.86 bits per heavy atom. The Hall–Kier alpha value is -3.27. The summed E-state index contributed by atoms with van der Waals surface area (Å²) in [6.07, 6.45) is 8.39. The van der Waals surface area contributed by atoms with E-state index in [4.69, 9.17) is 14.6 Å². The lowest BCUT2D eigenvalue weighted by Crippen LogP contribution is -2.50. The maximum absolute atomic E-state index is 13.7. The zero-order valence-electron chi connectivity index (χ0n) is 26.2. The van der Waals surface area contributed by atoms with E-state index in [1.165, 1.54) is 12.8 Å². The highest BCUT2D eigenvalue weighted by Crippen LogP contribution is 2.35. The molecule has 2 aromatic carbocycles. The highest BCUT2D eigenvalue weighted by molar-refractivity contribution is 6.08. The van der Waals surface area contributed by atoms with Gasteiger partial charge in [-0.1, -0.05) is 44.0 Å². The van der Waals surface area contributed by atoms with Crippen molar-refractivity contribution in [2.24, 2.45) is 11.8 Å². The fraction of sp³-hybridized carbons (Fsp3) is 0.571. The van der Waals surface area contributed by atoms with Crippen LogP contribution in [-0.2, 0) is 20.9 Å². The van der Waals surface area contributed by atoms with Crippen LogP contribution < -0.4 is 10.6 Å². The lowest BCUT2D eigenvalue weighted by molar-refractivity contribution is -0.129. The summed E-state index contributed by atoms with van der Waals surface area (Å²) in [6.45, 7) is 10.5. The van der Waals surface area contributed by atoms with Crippen molar-refractivity contribution in [3.05, 3.63) is 53.7 Å². The molecule has 3 unspecified atom stereocenters. The van der Waals surface area contributed by atoms with Crippen molar-refractivity contribution in [1.29, 1.82) is 0 Å². The van der Waals surface area contributed by atoms with Crippen molar-refractivity contribution >= 4 is 22.7 Å². The third-order valence-electron chi connectivity index (χ3n) is 9.67. The minimum absolute atomic E-state index is 0.0191. The van der Waals surface area contributed by atoms with Gasteiger partial charge in [-0.2, -0.15) is 5.10 Å². The van der Waals surface area contributed by atoms with Crippen LogP contribution in [0.15, 0.2) is 42.6 Å². The Labute approximate surface area is 260 Å². The van der Waals surface area contributed by atoms with E-state index in [2.05, 4.69) is 57.5 Å². The van der Waals surface area contributed by atoms with E-state index in [-0.39, 0.29) is 29.7 Å². The molecule has 0 spiro atoms. The van der Waals surface area contributed by atoms with Gasteiger partial charge in [-0.15, -0.1) is 0 Å². The summed E-state index contributed by atoms with van der Waals surface area (Å²) in [5, 5.41) is 11.8. The SMILES string of the molecule is CC1CC(C)C(CNC(=O)c2cc(-c3ccc(COCCCN4CCOCC4)cc3)cc3c2cnn3C2CCCC2)C(=O)N1. The number of morpholine rings is 1. The average molecular weight is 602 g/mol. The van der Waals surface area contributed by atoms with Gasteiger partial charge in [-0.25, -0.2) is 0 Å². The lowest BCUT2D eigenvalue weighted by atomic mass is 9.84. The summed E-state index contributed by atoms with van der Waals surface area (Å²) in [7, 11) is 0. The minimum atomic E-state index is -0.232. The van der Waals surface area contributed by atoms with Crippen molar-refractivity contribution in [3.8, 4) is 11.1 Å². The number of fused-ring (bicyclic) bond motifs is 1. The van der Waals surface area contributed by atoms with Gasteiger partial charge in [-0.05, 0) is 67.3 Å². The molecular weight excluding hydrogens is 554 g/mol. The first-order valence-corrected chi connectivity index (χ1v) is 16.5. The molecule has 3 aromatic rings. The van der Waals surface area contributed by atoms with Gasteiger partial charge in [0.1, 0.15) is 0 Å². The second kappa shape index (κ2) is 14.2. The van der Waals surface area contributed by atoms with Crippen LogP contribution in [0, 0.1) is 11.8 Å². The molecular formula is C35H47N5O4. The third kappa shape index (κ3) is 7.16. The van der Waals surface area contributed by atoms with Crippen LogP contribution in [-0.4, -0.2) is 78.5 Å². The monoisotopic (exact) mass is 601 g/mol. The topological polar surface area (TPSA) is 97.7 Å². The molecule has 2 amide bonds. The molecule has 1 saturated carbocycles. The number of hydrogen-bond acceptors (Lipinski definition) is 6. The van der Waals surface area contributed by atoms with Gasteiger partial charge in [0.05, 0.1) is 49.1 Å². The van der Waals surface area contributed by atoms with Crippen molar-refractivity contribution in [1.82, 2.24) is 25.3 Å². The van der Waals surface area contributed by atoms with Crippen LogP contribution >= 0.6 is 0 Å². The Bertz CT molecular complexity index is 1420. The van der Waals surface area contributed by atoms with Crippen LogP contribution in [0.2, 0.25) is 0 Å². The average Bonchev–Trinajstić information content (AvgIpc) is 3.71. The Balaban J connectivity index is 1.16. The zero-order valence-corrected chi connectivity index (χ0v) is 26.2. The smallest absolute Gasteiger partial charge is 0.252 e. The molecule has 44 heavy (non-hydrogen) atoms. The molecule has 1 aliphatic carbocycles. The molecule has 2 aliphatic heterocycles. The summed E-state index contributed by atoms with van der Waals surface area (Å²) >= 11 is 0. The molecule has 0 radical (unpaired) electrons. The van der Waals surface area contributed by atoms with E-state index < -0.39 is 0 Å². The summed E-state index contributed by atoms with van der Waals surface area (Å²) in [5.41, 5.74) is 4.75. The van der Waals surface area contributed by atoms with Gasteiger partial charge < -0.3 is 20.1 Å². The van der Waals surface area contributed by atoms with E-state index in [1.54, 1.807) is 0 Å². The molecule has 2 saturated heterocycles. The second-order valence-corrected chi connectivity index (χ2v) is 13.0. The standard InChI is InChI=1S/C35H47N5O4/c1-24-18-25(2)38-35(42)31(24)21-36-34(41)30-19-28(20-33-32(30)22-37-40(33)29-6-3-4-7-29)27-10-8-26(9-11-27)23-44-15-5-12-39-13-16-43-17-14-39/h8-11,19-20,22,24-25,29,31H,3-7,12-18,21,23H2,1-2H3,(H,36,41)(H,38,42). The number of carbonyl (C=O) groups excluding carboxylic acids is 2. The first kappa shape index (κ1) is 30.7. The normalized spacial score (nSPS) is 23.2. The van der Waals surface area contributed by atoms with E-state index in [0.717, 1.165) is 92.7 Å². The fourth-order valence-electron chi connectivity index (χ4n) is 7.12. The predicted molar refractivity (Wildman–Crippen MR) is 171 cm³/mol. The number of amides is 2. The number of benzene rings is 2. The molecule has 1 aromatic heterocycles. The van der Waals surface area contributed by atoms with Crippen LogP contribution in [0.1, 0.15) is 74.3 Å². The lowest BCUT2D eigenvalue weighted by Gasteiger charge is -2.32. The molecule has 2 N–H and O–H groups in total. The summed E-state index contributed by atoms with van der Waals surface area (Å²) in [5.74, 6) is -0.166. The molecule has 9 heteroatoms. The predicted octanol–water partition coefficient (Wildman–Crippen LogP) is 4.95. The molecule has 9 nitrogen and oxygen atoms in total. The van der Waals surface area contributed by atoms with E-state index in [0.29, 0.717) is 24.8 Å². The van der Waals surface area contributed by atoms with Gasteiger partial charge in [0.2, 0.25) is 5.91 Å². The number of rotatable bonds is 11. The number of carbonyl (C=O) groups is 2. The molecule has 236 valence electrons. The van der Waals surface area contributed by atoms with Crippen LogP contribution in [0.25, 0.3) is 22.0 Å². The Morgan fingerprint density at radius 1 is 1.09 bits per heavy atom. The highest BCUT2D eigenvalue weighted by atomic mass is 16.5. The van der Waals surface area contributed by atoms with Gasteiger partial charge in [0.15, 0.2) is 0 Å². The summed E-state index contributed by atoms with van der Waals surface area (Å²) in [6, 6.07) is 13.1. The van der Waals surface area contributed by atoms with Crippen LogP contribution in [0.3, 0.4) is 0 Å². The number of nitrogens with zero attached hydrogens (tertiary/aromatic N) is 3. The summed E-state index contributed by atoms with van der Waals surface area (Å²) < 4.78 is 13.5. The van der Waals surface area contributed by atoms with Gasteiger partial charge in [-0.3, -0.25) is 19.2 Å². The largest absolute Gasteiger partial charge is 0.379 e. The number of nitrogens with one attached hydrogen (secondary N) is 2. The van der Waals surface area contributed by atoms with E-state index >= 15 is 0 Å². The van der Waals surface area contributed by atoms with Crippen molar-refractivity contribution in [3.63, 3.8) is 0 Å². The number of hydrogen-bond donors (Lipinski definition) is 2. The third-order valence-corrected chi connectivity index (χ3v) is 9.67. The number of aromatic nitrogens is 2. The zero-order chi connectivity index (χ0) is 30.5. The molecule has 3 atom stereocenters. The summed E-state index contributed by atoms with van der Waals surface area (Å²) in [4.78, 5) is 28.8. The number of ether oxygens (including phenoxy) is 2. The van der Waals surface area contributed by atoms with Gasteiger partial charge in [0, 0.05) is 44.2 Å². The van der Waals surface area contributed by atoms with Gasteiger partial charge >= 0.3 is 0 Å². The molecule has 0 bridgehead atoms. The van der Waals surface area contributed by atoms with Gasteiger partial charge in [0.25, 0.3) is 5.91 Å².